The van der Waals surface area contributed by atoms with E-state index in [2.05, 4.69) is 4.74 Å². The number of hydrogen-bond donors (Lipinski definition) is 1. The first kappa shape index (κ1) is 16.0. The summed E-state index contributed by atoms with van der Waals surface area (Å²) in [5.41, 5.74) is 0.720. The minimum atomic E-state index is -1.06. The number of ether oxygens (including phenoxy) is 3. The second-order valence-electron chi connectivity index (χ2n) is 4.42. The van der Waals surface area contributed by atoms with Gasteiger partial charge in [-0.3, -0.25) is 9.59 Å². The van der Waals surface area contributed by atoms with E-state index in [1.54, 1.807) is 19.1 Å². The topological polar surface area (TPSA) is 99.1 Å². The fourth-order valence-electron chi connectivity index (χ4n) is 1.88. The lowest BCUT2D eigenvalue weighted by Crippen LogP contribution is -2.00. The van der Waals surface area contributed by atoms with Crippen LogP contribution in [-0.4, -0.2) is 24.0 Å². The van der Waals surface area contributed by atoms with Crippen LogP contribution in [0.15, 0.2) is 36.4 Å². The molecule has 0 bridgehead atoms. The van der Waals surface area contributed by atoms with E-state index in [0.29, 0.717) is 11.3 Å². The van der Waals surface area contributed by atoms with Crippen molar-refractivity contribution in [2.75, 3.05) is 0 Å². The number of aryl methyl sites for hydroxylation is 1. The van der Waals surface area contributed by atoms with Crippen molar-refractivity contribution in [1.82, 2.24) is 0 Å². The van der Waals surface area contributed by atoms with Gasteiger partial charge in [0.2, 0.25) is 0 Å². The van der Waals surface area contributed by atoms with Crippen molar-refractivity contribution in [1.29, 1.82) is 0 Å². The molecule has 0 saturated carbocycles. The average molecular weight is 316 g/mol. The molecule has 0 radical (unpaired) electrons. The Balaban J connectivity index is 2.31. The molecular weight excluding hydrogens is 304 g/mol. The fraction of sp³-hybridized carbons (Fsp3) is 0.0625. The Morgan fingerprint density at radius 1 is 0.957 bits per heavy atom. The van der Waals surface area contributed by atoms with E-state index >= 15 is 0 Å². The summed E-state index contributed by atoms with van der Waals surface area (Å²) in [5.74, 6) is -0.438. The molecule has 7 nitrogen and oxygen atoms in total. The number of carboxylic acid groups (broad SMARTS) is 1. The van der Waals surface area contributed by atoms with Gasteiger partial charge < -0.3 is 19.3 Å². The zero-order valence-electron chi connectivity index (χ0n) is 12.0. The third-order valence-electron chi connectivity index (χ3n) is 2.94. The predicted molar refractivity (Wildman–Crippen MR) is 78.0 cm³/mol. The highest BCUT2D eigenvalue weighted by atomic mass is 16.6. The quantitative estimate of drug-likeness (QED) is 0.783. The lowest BCUT2D eigenvalue weighted by molar-refractivity contribution is -0.123. The van der Waals surface area contributed by atoms with E-state index in [4.69, 9.17) is 14.6 Å². The molecule has 0 saturated heterocycles. The van der Waals surface area contributed by atoms with Gasteiger partial charge in [-0.25, -0.2) is 4.79 Å². The number of rotatable bonds is 7. The van der Waals surface area contributed by atoms with Crippen LogP contribution in [0.2, 0.25) is 0 Å². The minimum absolute atomic E-state index is 0.00447. The smallest absolute Gasteiger partial charge is 0.336 e. The molecule has 2 aromatic rings. The van der Waals surface area contributed by atoms with Gasteiger partial charge in [0, 0.05) is 6.07 Å². The number of carbonyl (C=O) groups is 3. The van der Waals surface area contributed by atoms with E-state index in [-0.39, 0.29) is 35.8 Å². The highest BCUT2D eigenvalue weighted by molar-refractivity contribution is 5.89. The highest BCUT2D eigenvalue weighted by Gasteiger charge is 2.11. The lowest BCUT2D eigenvalue weighted by Gasteiger charge is -2.10. The Labute approximate surface area is 131 Å². The normalized spacial score (nSPS) is 9.78. The van der Waals surface area contributed by atoms with Crippen LogP contribution in [0.1, 0.15) is 15.9 Å². The van der Waals surface area contributed by atoms with E-state index in [9.17, 15) is 14.4 Å². The Bertz CT molecular complexity index is 752. The standard InChI is InChI=1S/C16H12O7/c1-10-2-3-11(6-13(10)16(19)20)23-12-4-5-14(21-8-17)15(7-12)22-9-18/h2-9H,1H3,(H,19,20). The summed E-state index contributed by atoms with van der Waals surface area (Å²) in [4.78, 5) is 32.0. The third-order valence-corrected chi connectivity index (χ3v) is 2.94. The summed E-state index contributed by atoms with van der Waals surface area (Å²) in [5, 5.41) is 9.10. The molecule has 0 aliphatic rings. The molecule has 0 fully saturated rings. The van der Waals surface area contributed by atoms with Crippen LogP contribution in [0, 0.1) is 6.92 Å². The summed E-state index contributed by atoms with van der Waals surface area (Å²) in [6, 6.07) is 8.82. The molecule has 23 heavy (non-hydrogen) atoms. The molecule has 0 unspecified atom stereocenters. The average Bonchev–Trinajstić information content (AvgIpc) is 2.52. The Hall–Kier alpha value is -3.35. The second-order valence-corrected chi connectivity index (χ2v) is 4.42. The second kappa shape index (κ2) is 7.08. The van der Waals surface area contributed by atoms with Crippen molar-refractivity contribution in [3.63, 3.8) is 0 Å². The van der Waals surface area contributed by atoms with Crippen LogP contribution in [0.25, 0.3) is 0 Å². The summed E-state index contributed by atoms with van der Waals surface area (Å²) >= 11 is 0. The van der Waals surface area contributed by atoms with Crippen LogP contribution in [0.3, 0.4) is 0 Å². The number of carbonyl (C=O) groups excluding carboxylic acids is 2. The first-order chi connectivity index (χ1) is 11.0. The van der Waals surface area contributed by atoms with Gasteiger partial charge >= 0.3 is 5.97 Å². The maximum absolute atomic E-state index is 11.1. The summed E-state index contributed by atoms with van der Waals surface area (Å²) in [7, 11) is 0. The molecular formula is C16H12O7. The molecule has 1 N–H and O–H groups in total. The molecule has 0 spiro atoms. The third kappa shape index (κ3) is 3.85. The van der Waals surface area contributed by atoms with Gasteiger partial charge in [-0.2, -0.15) is 0 Å². The number of aromatic carboxylic acids is 1. The van der Waals surface area contributed by atoms with E-state index in [1.165, 1.54) is 24.3 Å². The zero-order valence-corrected chi connectivity index (χ0v) is 12.0. The molecule has 0 aromatic heterocycles. The molecule has 0 aliphatic heterocycles. The first-order valence-electron chi connectivity index (χ1n) is 6.41. The van der Waals surface area contributed by atoms with Crippen LogP contribution in [0.5, 0.6) is 23.0 Å². The van der Waals surface area contributed by atoms with E-state index in [1.807, 2.05) is 0 Å². The molecule has 2 rings (SSSR count). The van der Waals surface area contributed by atoms with Crippen LogP contribution >= 0.6 is 0 Å². The largest absolute Gasteiger partial charge is 0.478 e. The number of hydrogen-bond acceptors (Lipinski definition) is 6. The molecule has 7 heteroatoms. The summed E-state index contributed by atoms with van der Waals surface area (Å²) in [6.45, 7) is 2.06. The van der Waals surface area contributed by atoms with Gasteiger partial charge in [0.1, 0.15) is 11.5 Å². The molecule has 0 aliphatic carbocycles. The minimum Gasteiger partial charge on any atom is -0.478 e. The maximum Gasteiger partial charge on any atom is 0.336 e. The zero-order chi connectivity index (χ0) is 16.8. The fourth-order valence-corrected chi connectivity index (χ4v) is 1.88. The van der Waals surface area contributed by atoms with Gasteiger partial charge in [-0.1, -0.05) is 6.07 Å². The van der Waals surface area contributed by atoms with Crippen LogP contribution in [-0.2, 0) is 9.59 Å². The van der Waals surface area contributed by atoms with Gasteiger partial charge in [0.15, 0.2) is 11.5 Å². The predicted octanol–water partition coefficient (Wildman–Crippen LogP) is 2.56. The SMILES string of the molecule is Cc1ccc(Oc2ccc(OC=O)c(OC=O)c2)cc1C(=O)O. The molecule has 0 amide bonds. The molecule has 0 heterocycles. The van der Waals surface area contributed by atoms with Crippen molar-refractivity contribution in [2.24, 2.45) is 0 Å². The van der Waals surface area contributed by atoms with Gasteiger partial charge in [-0.05, 0) is 36.8 Å². The molecule has 0 atom stereocenters. The van der Waals surface area contributed by atoms with Crippen molar-refractivity contribution < 1.29 is 33.7 Å². The maximum atomic E-state index is 11.1. The highest BCUT2D eigenvalue weighted by Crippen LogP contribution is 2.33. The van der Waals surface area contributed by atoms with E-state index < -0.39 is 5.97 Å². The Morgan fingerprint density at radius 2 is 1.57 bits per heavy atom. The Morgan fingerprint density at radius 3 is 2.22 bits per heavy atom. The van der Waals surface area contributed by atoms with Crippen LogP contribution in [0.4, 0.5) is 0 Å². The lowest BCUT2D eigenvalue weighted by atomic mass is 10.1. The Kier molecular flexibility index (Phi) is 4.93. The molecule has 2 aromatic carbocycles. The number of benzene rings is 2. The summed E-state index contributed by atoms with van der Waals surface area (Å²) < 4.78 is 14.9. The van der Waals surface area contributed by atoms with Gasteiger partial charge in [0.05, 0.1) is 5.56 Å². The van der Waals surface area contributed by atoms with Gasteiger partial charge in [0.25, 0.3) is 12.9 Å². The first-order valence-corrected chi connectivity index (χ1v) is 6.41. The van der Waals surface area contributed by atoms with Crippen LogP contribution < -0.4 is 14.2 Å². The monoisotopic (exact) mass is 316 g/mol. The van der Waals surface area contributed by atoms with E-state index in [0.717, 1.165) is 0 Å². The van der Waals surface area contributed by atoms with Crippen molar-refractivity contribution in [3.8, 4) is 23.0 Å². The molecule has 118 valence electrons. The van der Waals surface area contributed by atoms with Crippen molar-refractivity contribution >= 4 is 18.9 Å². The van der Waals surface area contributed by atoms with Crippen molar-refractivity contribution in [2.45, 2.75) is 6.92 Å². The number of carboxylic acids is 1. The van der Waals surface area contributed by atoms with Gasteiger partial charge in [-0.15, -0.1) is 0 Å². The summed E-state index contributed by atoms with van der Waals surface area (Å²) in [6.07, 6.45) is 0. The van der Waals surface area contributed by atoms with Crippen molar-refractivity contribution in [3.05, 3.63) is 47.5 Å².